The molecule has 1 unspecified atom stereocenters. The number of nitrogens with two attached hydrogens (primary N) is 1. The normalized spacial score (nSPS) is 30.7. The molecule has 0 aromatic rings. The van der Waals surface area contributed by atoms with Crippen LogP contribution in [0, 0.1) is 0 Å². The lowest BCUT2D eigenvalue weighted by Gasteiger charge is -2.42. The van der Waals surface area contributed by atoms with Crippen molar-refractivity contribution < 1.29 is 0 Å². The van der Waals surface area contributed by atoms with Gasteiger partial charge in [-0.3, -0.25) is 0 Å². The average molecular weight is 239 g/mol. The number of likely N-dealkylation sites (N-methyl/N-ethyl adjacent to an activating group) is 2. The SMILES string of the molecule is CN1CCCC(N(C)CC2(N)CCCCC2)C1. The molecule has 0 aromatic heterocycles. The Morgan fingerprint density at radius 1 is 1.24 bits per heavy atom. The second-order valence-electron chi connectivity index (χ2n) is 6.40. The van der Waals surface area contributed by atoms with E-state index in [1.54, 1.807) is 0 Å². The van der Waals surface area contributed by atoms with Crippen molar-refractivity contribution in [3.05, 3.63) is 0 Å². The van der Waals surface area contributed by atoms with Crippen molar-refractivity contribution >= 4 is 0 Å². The summed E-state index contributed by atoms with van der Waals surface area (Å²) in [7, 11) is 4.51. The number of hydrogen-bond acceptors (Lipinski definition) is 3. The predicted molar refractivity (Wildman–Crippen MR) is 73.2 cm³/mol. The van der Waals surface area contributed by atoms with Crippen molar-refractivity contribution in [2.45, 2.75) is 56.5 Å². The summed E-state index contributed by atoms with van der Waals surface area (Å²) in [5.41, 5.74) is 6.65. The number of hydrogen-bond donors (Lipinski definition) is 1. The maximum Gasteiger partial charge on any atom is 0.0283 e. The molecular weight excluding hydrogens is 210 g/mol. The summed E-state index contributed by atoms with van der Waals surface area (Å²) < 4.78 is 0. The molecule has 17 heavy (non-hydrogen) atoms. The Morgan fingerprint density at radius 3 is 2.59 bits per heavy atom. The lowest BCUT2D eigenvalue weighted by molar-refractivity contribution is 0.101. The Balaban J connectivity index is 1.84. The number of nitrogens with zero attached hydrogens (tertiary/aromatic N) is 2. The van der Waals surface area contributed by atoms with E-state index in [-0.39, 0.29) is 5.54 Å². The Morgan fingerprint density at radius 2 is 1.94 bits per heavy atom. The first-order valence-electron chi connectivity index (χ1n) is 7.27. The Bertz CT molecular complexity index is 236. The summed E-state index contributed by atoms with van der Waals surface area (Å²) in [4.78, 5) is 4.98. The molecule has 0 spiro atoms. The van der Waals surface area contributed by atoms with E-state index in [4.69, 9.17) is 5.73 Å². The Labute approximate surface area is 106 Å². The van der Waals surface area contributed by atoms with Crippen LogP contribution in [0.2, 0.25) is 0 Å². The zero-order valence-corrected chi connectivity index (χ0v) is 11.6. The average Bonchev–Trinajstić information content (AvgIpc) is 2.29. The molecule has 1 aliphatic heterocycles. The van der Waals surface area contributed by atoms with E-state index in [2.05, 4.69) is 23.9 Å². The second-order valence-corrected chi connectivity index (χ2v) is 6.40. The minimum absolute atomic E-state index is 0.100. The van der Waals surface area contributed by atoms with Gasteiger partial charge >= 0.3 is 0 Å². The molecule has 3 heteroatoms. The van der Waals surface area contributed by atoms with Crippen LogP contribution < -0.4 is 5.73 Å². The van der Waals surface area contributed by atoms with Gasteiger partial charge in [0.1, 0.15) is 0 Å². The first-order valence-corrected chi connectivity index (χ1v) is 7.27. The van der Waals surface area contributed by atoms with Crippen LogP contribution in [0.15, 0.2) is 0 Å². The van der Waals surface area contributed by atoms with Gasteiger partial charge in [0.25, 0.3) is 0 Å². The van der Waals surface area contributed by atoms with Crippen LogP contribution in [0.4, 0.5) is 0 Å². The van der Waals surface area contributed by atoms with Gasteiger partial charge in [0, 0.05) is 24.7 Å². The highest BCUT2D eigenvalue weighted by Gasteiger charge is 2.31. The van der Waals surface area contributed by atoms with Gasteiger partial charge in [-0.05, 0) is 46.3 Å². The maximum absolute atomic E-state index is 6.55. The number of rotatable bonds is 3. The van der Waals surface area contributed by atoms with Gasteiger partial charge < -0.3 is 15.5 Å². The van der Waals surface area contributed by atoms with Gasteiger partial charge in [-0.2, -0.15) is 0 Å². The molecular formula is C14H29N3. The summed E-state index contributed by atoms with van der Waals surface area (Å²) in [6, 6.07) is 0.719. The van der Waals surface area contributed by atoms with Crippen LogP contribution in [-0.4, -0.2) is 55.1 Å². The zero-order valence-electron chi connectivity index (χ0n) is 11.6. The Kier molecular flexibility index (Phi) is 4.45. The van der Waals surface area contributed by atoms with Gasteiger partial charge in [0.05, 0.1) is 0 Å². The van der Waals surface area contributed by atoms with Crippen molar-refractivity contribution in [1.82, 2.24) is 9.80 Å². The molecule has 0 aromatic carbocycles. The topological polar surface area (TPSA) is 32.5 Å². The van der Waals surface area contributed by atoms with Gasteiger partial charge in [-0.1, -0.05) is 19.3 Å². The van der Waals surface area contributed by atoms with Crippen LogP contribution in [0.5, 0.6) is 0 Å². The number of likely N-dealkylation sites (tertiary alicyclic amines) is 1. The highest BCUT2D eigenvalue weighted by molar-refractivity contribution is 4.91. The standard InChI is InChI=1S/C14H29N3/c1-16-10-6-7-13(11-16)17(2)12-14(15)8-4-3-5-9-14/h13H,3-12,15H2,1-2H3. The lowest BCUT2D eigenvalue weighted by atomic mass is 9.82. The molecule has 0 amide bonds. The molecule has 2 N–H and O–H groups in total. The Hall–Kier alpha value is -0.120. The predicted octanol–water partition coefficient (Wildman–Crippen LogP) is 1.67. The van der Waals surface area contributed by atoms with Gasteiger partial charge in [0.2, 0.25) is 0 Å². The van der Waals surface area contributed by atoms with E-state index < -0.39 is 0 Å². The smallest absolute Gasteiger partial charge is 0.0283 e. The first-order chi connectivity index (χ1) is 8.09. The molecule has 0 bridgehead atoms. The highest BCUT2D eigenvalue weighted by Crippen LogP contribution is 2.27. The molecule has 2 aliphatic rings. The second kappa shape index (κ2) is 5.68. The van der Waals surface area contributed by atoms with Crippen LogP contribution in [-0.2, 0) is 0 Å². The van der Waals surface area contributed by atoms with Crippen molar-refractivity contribution in [1.29, 1.82) is 0 Å². The van der Waals surface area contributed by atoms with E-state index in [0.717, 1.165) is 12.6 Å². The van der Waals surface area contributed by atoms with Crippen LogP contribution in [0.25, 0.3) is 0 Å². The van der Waals surface area contributed by atoms with Gasteiger partial charge in [-0.15, -0.1) is 0 Å². The highest BCUT2D eigenvalue weighted by atomic mass is 15.2. The van der Waals surface area contributed by atoms with Crippen LogP contribution in [0.3, 0.4) is 0 Å². The van der Waals surface area contributed by atoms with Gasteiger partial charge in [-0.25, -0.2) is 0 Å². The van der Waals surface area contributed by atoms with E-state index in [9.17, 15) is 0 Å². The number of piperidine rings is 1. The molecule has 1 heterocycles. The molecule has 3 nitrogen and oxygen atoms in total. The molecule has 1 atom stereocenters. The summed E-state index contributed by atoms with van der Waals surface area (Å²) in [6.07, 6.45) is 9.17. The third-order valence-electron chi connectivity index (χ3n) is 4.64. The van der Waals surface area contributed by atoms with E-state index in [0.29, 0.717) is 0 Å². The first kappa shape index (κ1) is 13.3. The van der Waals surface area contributed by atoms with Crippen LogP contribution >= 0.6 is 0 Å². The monoisotopic (exact) mass is 239 g/mol. The van der Waals surface area contributed by atoms with Crippen molar-refractivity contribution in [3.63, 3.8) is 0 Å². The summed E-state index contributed by atoms with van der Waals surface area (Å²) in [5, 5.41) is 0. The third-order valence-corrected chi connectivity index (χ3v) is 4.64. The maximum atomic E-state index is 6.55. The molecule has 0 radical (unpaired) electrons. The molecule has 1 saturated carbocycles. The molecule has 2 rings (SSSR count). The molecule has 1 aliphatic carbocycles. The quantitative estimate of drug-likeness (QED) is 0.813. The fourth-order valence-electron chi connectivity index (χ4n) is 3.54. The van der Waals surface area contributed by atoms with Gasteiger partial charge in [0.15, 0.2) is 0 Å². The van der Waals surface area contributed by atoms with E-state index in [1.165, 1.54) is 58.0 Å². The fraction of sp³-hybridized carbons (Fsp3) is 1.00. The summed E-state index contributed by atoms with van der Waals surface area (Å²) in [6.45, 7) is 3.57. The van der Waals surface area contributed by atoms with E-state index >= 15 is 0 Å². The molecule has 2 fully saturated rings. The fourth-order valence-corrected chi connectivity index (χ4v) is 3.54. The third kappa shape index (κ3) is 3.67. The van der Waals surface area contributed by atoms with Crippen molar-refractivity contribution in [3.8, 4) is 0 Å². The lowest BCUT2D eigenvalue weighted by Crippen LogP contribution is -2.55. The minimum atomic E-state index is 0.100. The van der Waals surface area contributed by atoms with Crippen LogP contribution in [0.1, 0.15) is 44.9 Å². The summed E-state index contributed by atoms with van der Waals surface area (Å²) in [5.74, 6) is 0. The zero-order chi connectivity index (χ0) is 12.3. The minimum Gasteiger partial charge on any atom is -0.324 e. The van der Waals surface area contributed by atoms with Crippen molar-refractivity contribution in [2.75, 3.05) is 33.7 Å². The largest absolute Gasteiger partial charge is 0.324 e. The van der Waals surface area contributed by atoms with Crippen molar-refractivity contribution in [2.24, 2.45) is 5.73 Å². The molecule has 100 valence electrons. The molecule has 1 saturated heterocycles. The van der Waals surface area contributed by atoms with E-state index in [1.807, 2.05) is 0 Å². The summed E-state index contributed by atoms with van der Waals surface area (Å²) >= 11 is 0.